The van der Waals surface area contributed by atoms with Gasteiger partial charge in [0.1, 0.15) is 5.78 Å². The first-order chi connectivity index (χ1) is 5.07. The summed E-state index contributed by atoms with van der Waals surface area (Å²) in [6.45, 7) is 1.50. The first kappa shape index (κ1) is 10.7. The van der Waals surface area contributed by atoms with Crippen LogP contribution in [-0.2, 0) is 9.59 Å². The molecule has 0 aliphatic rings. The van der Waals surface area contributed by atoms with Crippen LogP contribution in [0.1, 0.15) is 19.8 Å². The predicted molar refractivity (Wildman–Crippen MR) is 46.8 cm³/mol. The second-order valence-corrected chi connectivity index (χ2v) is 2.88. The molecule has 0 bridgehead atoms. The fourth-order valence-corrected chi connectivity index (χ4v) is 0.948. The van der Waals surface area contributed by atoms with Gasteiger partial charge >= 0.3 is 0 Å². The molecule has 0 saturated carbocycles. The normalized spacial score (nSPS) is 12.6. The molecule has 0 aromatic heterocycles. The minimum absolute atomic E-state index is 0.0575. The van der Waals surface area contributed by atoms with Crippen molar-refractivity contribution in [1.82, 2.24) is 5.32 Å². The highest BCUT2D eigenvalue weighted by Gasteiger charge is 2.11. The van der Waals surface area contributed by atoms with Crippen LogP contribution in [0.25, 0.3) is 0 Å². The molecule has 0 amide bonds. The third-order valence-corrected chi connectivity index (χ3v) is 1.71. The standard InChI is InChI=1S/C7H13NO2S/c1-5(9)6(8-2)3-4-7(10)11/h6,8H,3-4H2,1-2H3,(H,10,11)/t6-/m0/s1. The molecule has 1 atom stereocenters. The highest BCUT2D eigenvalue weighted by Crippen LogP contribution is 2.00. The molecular formula is C7H13NO2S. The van der Waals surface area contributed by atoms with Gasteiger partial charge in [-0.3, -0.25) is 9.59 Å². The van der Waals surface area contributed by atoms with E-state index in [4.69, 9.17) is 0 Å². The molecule has 3 nitrogen and oxygen atoms in total. The van der Waals surface area contributed by atoms with E-state index in [2.05, 4.69) is 17.9 Å². The van der Waals surface area contributed by atoms with Gasteiger partial charge in [-0.2, -0.15) is 0 Å². The van der Waals surface area contributed by atoms with E-state index in [0.29, 0.717) is 12.8 Å². The van der Waals surface area contributed by atoms with Crippen molar-refractivity contribution in [3.8, 4) is 0 Å². The Balaban J connectivity index is 3.70. The van der Waals surface area contributed by atoms with Crippen LogP contribution in [0.15, 0.2) is 0 Å². The summed E-state index contributed by atoms with van der Waals surface area (Å²) >= 11 is 3.60. The molecule has 0 aliphatic carbocycles. The van der Waals surface area contributed by atoms with Gasteiger partial charge < -0.3 is 5.32 Å². The van der Waals surface area contributed by atoms with Crippen molar-refractivity contribution in [2.24, 2.45) is 0 Å². The number of ketones is 1. The number of carbonyl (C=O) groups excluding carboxylic acids is 2. The van der Waals surface area contributed by atoms with Crippen molar-refractivity contribution in [1.29, 1.82) is 0 Å². The van der Waals surface area contributed by atoms with E-state index in [1.807, 2.05) is 0 Å². The minimum Gasteiger partial charge on any atom is -0.311 e. The summed E-state index contributed by atoms with van der Waals surface area (Å²) in [4.78, 5) is 21.2. The molecule has 4 heteroatoms. The maximum absolute atomic E-state index is 10.8. The maximum Gasteiger partial charge on any atom is 0.185 e. The highest BCUT2D eigenvalue weighted by molar-refractivity contribution is 7.96. The number of hydrogen-bond acceptors (Lipinski definition) is 3. The van der Waals surface area contributed by atoms with Crippen molar-refractivity contribution in [3.05, 3.63) is 0 Å². The zero-order valence-electron chi connectivity index (χ0n) is 6.76. The number of thiol groups is 1. The quantitative estimate of drug-likeness (QED) is 0.595. The van der Waals surface area contributed by atoms with Crippen LogP contribution in [-0.4, -0.2) is 24.0 Å². The maximum atomic E-state index is 10.8. The Bertz CT molecular complexity index is 159. The highest BCUT2D eigenvalue weighted by atomic mass is 32.1. The van der Waals surface area contributed by atoms with Gasteiger partial charge in [0.15, 0.2) is 5.12 Å². The minimum atomic E-state index is -0.203. The SMILES string of the molecule is CN[C@@H](CCC(=O)S)C(C)=O. The second kappa shape index (κ2) is 5.32. The first-order valence-corrected chi connectivity index (χ1v) is 3.92. The summed E-state index contributed by atoms with van der Waals surface area (Å²) < 4.78 is 0. The van der Waals surface area contributed by atoms with E-state index in [9.17, 15) is 9.59 Å². The summed E-state index contributed by atoms with van der Waals surface area (Å²) in [5.74, 6) is 0.0575. The molecule has 0 heterocycles. The van der Waals surface area contributed by atoms with Gasteiger partial charge in [-0.05, 0) is 20.4 Å². The van der Waals surface area contributed by atoms with E-state index < -0.39 is 0 Å². The van der Waals surface area contributed by atoms with Gasteiger partial charge in [-0.25, -0.2) is 0 Å². The topological polar surface area (TPSA) is 46.2 Å². The molecule has 11 heavy (non-hydrogen) atoms. The Labute approximate surface area is 72.0 Å². The van der Waals surface area contributed by atoms with Crippen LogP contribution in [0.4, 0.5) is 0 Å². The monoisotopic (exact) mass is 175 g/mol. The summed E-state index contributed by atoms with van der Waals surface area (Å²) in [6.07, 6.45) is 0.877. The lowest BCUT2D eigenvalue weighted by molar-refractivity contribution is -0.119. The lowest BCUT2D eigenvalue weighted by Gasteiger charge is -2.10. The molecule has 0 unspecified atom stereocenters. The fraction of sp³-hybridized carbons (Fsp3) is 0.714. The number of Topliss-reactive ketones (excluding diaryl/α,β-unsaturated/α-hetero) is 1. The largest absolute Gasteiger partial charge is 0.311 e. The number of nitrogens with one attached hydrogen (secondary N) is 1. The smallest absolute Gasteiger partial charge is 0.185 e. The Hall–Kier alpha value is -0.350. The van der Waals surface area contributed by atoms with Crippen LogP contribution < -0.4 is 5.32 Å². The molecule has 0 radical (unpaired) electrons. The molecule has 0 aromatic carbocycles. The Kier molecular flexibility index (Phi) is 5.15. The van der Waals surface area contributed by atoms with E-state index in [1.54, 1.807) is 7.05 Å². The van der Waals surface area contributed by atoms with Gasteiger partial charge in [-0.15, -0.1) is 12.6 Å². The second-order valence-electron chi connectivity index (χ2n) is 2.38. The Morgan fingerprint density at radius 1 is 1.55 bits per heavy atom. The van der Waals surface area contributed by atoms with Crippen LogP contribution in [0.3, 0.4) is 0 Å². The third kappa shape index (κ3) is 4.98. The molecule has 0 spiro atoms. The third-order valence-electron chi connectivity index (χ3n) is 1.49. The molecule has 64 valence electrons. The van der Waals surface area contributed by atoms with Crippen molar-refractivity contribution in [2.45, 2.75) is 25.8 Å². The number of carbonyl (C=O) groups is 2. The summed E-state index contributed by atoms with van der Waals surface area (Å²) in [5, 5.41) is 2.65. The fourth-order valence-electron chi connectivity index (χ4n) is 0.819. The van der Waals surface area contributed by atoms with E-state index in [-0.39, 0.29) is 16.9 Å². The van der Waals surface area contributed by atoms with Crippen molar-refractivity contribution in [2.75, 3.05) is 7.05 Å². The average molecular weight is 175 g/mol. The van der Waals surface area contributed by atoms with Gasteiger partial charge in [0.05, 0.1) is 6.04 Å². The predicted octanol–water partition coefficient (Wildman–Crippen LogP) is 0.400. The van der Waals surface area contributed by atoms with Crippen LogP contribution in [0.2, 0.25) is 0 Å². The van der Waals surface area contributed by atoms with Crippen LogP contribution in [0.5, 0.6) is 0 Å². The lowest BCUT2D eigenvalue weighted by atomic mass is 10.1. The molecule has 1 N–H and O–H groups in total. The van der Waals surface area contributed by atoms with Crippen molar-refractivity contribution < 1.29 is 9.59 Å². The van der Waals surface area contributed by atoms with E-state index >= 15 is 0 Å². The van der Waals surface area contributed by atoms with E-state index in [1.165, 1.54) is 6.92 Å². The Morgan fingerprint density at radius 3 is 2.36 bits per heavy atom. The lowest BCUT2D eigenvalue weighted by Crippen LogP contribution is -2.32. The molecule has 0 fully saturated rings. The molecule has 0 rings (SSSR count). The molecule has 0 saturated heterocycles. The zero-order valence-corrected chi connectivity index (χ0v) is 7.65. The van der Waals surface area contributed by atoms with Gasteiger partial charge in [0, 0.05) is 6.42 Å². The van der Waals surface area contributed by atoms with Crippen molar-refractivity contribution in [3.63, 3.8) is 0 Å². The molecular weight excluding hydrogens is 162 g/mol. The summed E-state index contributed by atoms with van der Waals surface area (Å²) in [7, 11) is 1.70. The Morgan fingerprint density at radius 2 is 2.09 bits per heavy atom. The number of likely N-dealkylation sites (N-methyl/N-ethyl adjacent to an activating group) is 1. The number of rotatable bonds is 5. The van der Waals surface area contributed by atoms with Gasteiger partial charge in [-0.1, -0.05) is 0 Å². The van der Waals surface area contributed by atoms with Gasteiger partial charge in [0.25, 0.3) is 0 Å². The van der Waals surface area contributed by atoms with Crippen LogP contribution in [0, 0.1) is 0 Å². The van der Waals surface area contributed by atoms with E-state index in [0.717, 1.165) is 0 Å². The summed E-state index contributed by atoms with van der Waals surface area (Å²) in [6, 6.07) is -0.203. The first-order valence-electron chi connectivity index (χ1n) is 3.47. The molecule has 0 aliphatic heterocycles. The van der Waals surface area contributed by atoms with Gasteiger partial charge in [0.2, 0.25) is 0 Å². The summed E-state index contributed by atoms with van der Waals surface area (Å²) in [5.41, 5.74) is 0. The zero-order chi connectivity index (χ0) is 8.85. The van der Waals surface area contributed by atoms with Crippen LogP contribution >= 0.6 is 12.6 Å². The number of hydrogen-bond donors (Lipinski definition) is 2. The van der Waals surface area contributed by atoms with Crippen molar-refractivity contribution >= 4 is 23.5 Å². The average Bonchev–Trinajstić information content (AvgIpc) is 1.87. The molecule has 0 aromatic rings.